The van der Waals surface area contributed by atoms with Gasteiger partial charge in [-0.1, -0.05) is 54.4 Å². The van der Waals surface area contributed by atoms with E-state index in [0.717, 1.165) is 55.3 Å². The van der Waals surface area contributed by atoms with E-state index in [4.69, 9.17) is 14.7 Å². The molecule has 2 aromatic carbocycles. The van der Waals surface area contributed by atoms with Crippen LogP contribution in [0.2, 0.25) is 0 Å². The molecule has 2 fully saturated rings. The highest BCUT2D eigenvalue weighted by atomic mass is 16.6. The molecule has 1 saturated heterocycles. The highest BCUT2D eigenvalue weighted by Gasteiger charge is 2.63. The van der Waals surface area contributed by atoms with Crippen molar-refractivity contribution in [3.8, 4) is 11.5 Å². The summed E-state index contributed by atoms with van der Waals surface area (Å²) in [5.41, 5.74) is 3.17. The Morgan fingerprint density at radius 2 is 1.85 bits per heavy atom. The van der Waals surface area contributed by atoms with E-state index in [9.17, 15) is 30.0 Å². The Hall–Kier alpha value is -4.13. The van der Waals surface area contributed by atoms with Crippen LogP contribution < -0.4 is 10.1 Å². The summed E-state index contributed by atoms with van der Waals surface area (Å²) < 4.78 is 6.60. The van der Waals surface area contributed by atoms with Crippen LogP contribution >= 0.6 is 0 Å². The van der Waals surface area contributed by atoms with Crippen molar-refractivity contribution in [2.24, 2.45) is 22.9 Å². The first-order valence-electron chi connectivity index (χ1n) is 18.9. The molecule has 52 heavy (non-hydrogen) atoms. The molecule has 2 aromatic rings. The molecule has 2 heterocycles. The number of rotatable bonds is 16. The molecule has 0 bridgehead atoms. The van der Waals surface area contributed by atoms with Gasteiger partial charge in [0.15, 0.2) is 0 Å². The molecule has 2 aliphatic carbocycles. The molecule has 6 unspecified atom stereocenters. The lowest BCUT2D eigenvalue weighted by molar-refractivity contribution is -0.226. The third-order valence-corrected chi connectivity index (χ3v) is 11.3. The molecule has 282 valence electrons. The highest BCUT2D eigenvalue weighted by molar-refractivity contribution is 6.03. The molecule has 4 aliphatic rings. The van der Waals surface area contributed by atoms with Crippen molar-refractivity contribution in [1.29, 1.82) is 0 Å². The zero-order valence-corrected chi connectivity index (χ0v) is 30.2. The lowest BCUT2D eigenvalue weighted by Gasteiger charge is -2.58. The number of aliphatic hydroxyl groups excluding tert-OH is 2. The Morgan fingerprint density at radius 3 is 2.58 bits per heavy atom. The van der Waals surface area contributed by atoms with Crippen molar-refractivity contribution in [2.75, 3.05) is 39.9 Å². The topological polar surface area (TPSA) is 164 Å². The average molecular weight is 719 g/mol. The monoisotopic (exact) mass is 718 g/mol. The number of hydrogen-bond acceptors (Lipinski definition) is 9. The SMILES string of the molecule is CN(C(=O)NCCCN1CCCC1=O)C1CC(=NOCc2ccccc2)C2=CC(CCCCO)C(CCCCO)C3c4cc(O)ccc4OC1(O)C23. The number of phenols is 1. The van der Waals surface area contributed by atoms with E-state index < -0.39 is 17.7 Å². The Balaban J connectivity index is 1.37. The quantitative estimate of drug-likeness (QED) is 0.124. The second-order valence-corrected chi connectivity index (χ2v) is 14.7. The van der Waals surface area contributed by atoms with E-state index >= 15 is 0 Å². The summed E-state index contributed by atoms with van der Waals surface area (Å²) in [6, 6.07) is 13.5. The predicted molar refractivity (Wildman–Crippen MR) is 196 cm³/mol. The first-order valence-corrected chi connectivity index (χ1v) is 18.9. The largest absolute Gasteiger partial charge is 0.508 e. The van der Waals surface area contributed by atoms with Crippen LogP contribution in [0.3, 0.4) is 0 Å². The third-order valence-electron chi connectivity index (χ3n) is 11.3. The number of urea groups is 1. The number of nitrogens with zero attached hydrogens (tertiary/aromatic N) is 3. The minimum absolute atomic E-state index is 0.00707. The number of fused-ring (bicyclic) bond motifs is 2. The van der Waals surface area contributed by atoms with Gasteiger partial charge in [0.1, 0.15) is 24.1 Å². The fraction of sp³-hybridized carbons (Fsp3) is 0.575. The Kier molecular flexibility index (Phi) is 12.4. The number of phenolic OH excluding ortho intramolecular Hbond substituents is 1. The summed E-state index contributed by atoms with van der Waals surface area (Å²) in [6.45, 7) is 2.10. The zero-order chi connectivity index (χ0) is 36.7. The van der Waals surface area contributed by atoms with Gasteiger partial charge in [-0.3, -0.25) is 4.79 Å². The molecule has 3 amide bonds. The van der Waals surface area contributed by atoms with E-state index in [-0.39, 0.29) is 61.7 Å². The predicted octanol–water partition coefficient (Wildman–Crippen LogP) is 4.67. The molecule has 6 rings (SSSR count). The van der Waals surface area contributed by atoms with Gasteiger partial charge < -0.3 is 45.1 Å². The number of likely N-dealkylation sites (N-methyl/N-ethyl adjacent to an activating group) is 1. The number of carbonyl (C=O) groups excluding carboxylic acids is 2. The van der Waals surface area contributed by atoms with Gasteiger partial charge in [-0.15, -0.1) is 0 Å². The van der Waals surface area contributed by atoms with Crippen molar-refractivity contribution in [1.82, 2.24) is 15.1 Å². The summed E-state index contributed by atoms with van der Waals surface area (Å²) >= 11 is 0. The molecule has 12 nitrogen and oxygen atoms in total. The number of unbranched alkanes of at least 4 members (excludes halogenated alkanes) is 2. The maximum absolute atomic E-state index is 13.8. The molecular formula is C40H54N4O8. The van der Waals surface area contributed by atoms with Crippen molar-refractivity contribution in [2.45, 2.75) is 88.6 Å². The minimum atomic E-state index is -1.85. The van der Waals surface area contributed by atoms with Crippen LogP contribution in [0, 0.1) is 17.8 Å². The van der Waals surface area contributed by atoms with E-state index in [1.165, 1.54) is 4.90 Å². The number of benzene rings is 2. The second kappa shape index (κ2) is 17.1. The average Bonchev–Trinajstić information content (AvgIpc) is 3.56. The smallest absolute Gasteiger partial charge is 0.317 e. The van der Waals surface area contributed by atoms with Crippen molar-refractivity contribution < 1.29 is 39.6 Å². The molecule has 0 radical (unpaired) electrons. The Labute approximate surface area is 306 Å². The summed E-state index contributed by atoms with van der Waals surface area (Å²) in [5.74, 6) is -2.05. The first kappa shape index (κ1) is 37.6. The number of oxime groups is 1. The zero-order valence-electron chi connectivity index (χ0n) is 30.2. The maximum atomic E-state index is 13.8. The molecule has 1 saturated carbocycles. The van der Waals surface area contributed by atoms with Crippen LogP contribution in [0.25, 0.3) is 0 Å². The number of likely N-dealkylation sites (tertiary alicyclic amines) is 1. The number of aliphatic hydroxyl groups is 3. The van der Waals surface area contributed by atoms with Gasteiger partial charge in [-0.25, -0.2) is 4.79 Å². The fourth-order valence-corrected chi connectivity index (χ4v) is 8.79. The number of aromatic hydroxyl groups is 1. The van der Waals surface area contributed by atoms with E-state index in [1.807, 2.05) is 35.2 Å². The Bertz CT molecular complexity index is 1600. The molecule has 12 heteroatoms. The van der Waals surface area contributed by atoms with Crippen molar-refractivity contribution in [3.63, 3.8) is 0 Å². The Morgan fingerprint density at radius 1 is 1.08 bits per heavy atom. The van der Waals surface area contributed by atoms with Crippen LogP contribution in [-0.4, -0.2) is 99.6 Å². The van der Waals surface area contributed by atoms with Gasteiger partial charge >= 0.3 is 6.03 Å². The summed E-state index contributed by atoms with van der Waals surface area (Å²) in [7, 11) is 1.66. The van der Waals surface area contributed by atoms with Gasteiger partial charge in [0.2, 0.25) is 11.7 Å². The summed E-state index contributed by atoms with van der Waals surface area (Å²) in [4.78, 5) is 35.2. The number of nitrogens with one attached hydrogen (secondary N) is 1. The van der Waals surface area contributed by atoms with Crippen LogP contribution in [0.4, 0.5) is 4.79 Å². The number of hydrogen-bond donors (Lipinski definition) is 5. The molecule has 6 atom stereocenters. The summed E-state index contributed by atoms with van der Waals surface area (Å²) in [6.07, 6.45) is 8.85. The van der Waals surface area contributed by atoms with Gasteiger partial charge in [-0.2, -0.15) is 0 Å². The van der Waals surface area contributed by atoms with Gasteiger partial charge in [-0.05, 0) is 79.7 Å². The van der Waals surface area contributed by atoms with Crippen LogP contribution in [0.5, 0.6) is 11.5 Å². The lowest BCUT2D eigenvalue weighted by Crippen LogP contribution is -2.69. The van der Waals surface area contributed by atoms with E-state index in [0.29, 0.717) is 50.2 Å². The van der Waals surface area contributed by atoms with Crippen LogP contribution in [0.15, 0.2) is 65.3 Å². The minimum Gasteiger partial charge on any atom is -0.508 e. The molecule has 5 N–H and O–H groups in total. The molecule has 2 aliphatic heterocycles. The van der Waals surface area contributed by atoms with Crippen molar-refractivity contribution in [3.05, 3.63) is 71.3 Å². The second-order valence-electron chi connectivity index (χ2n) is 14.7. The number of carbonyl (C=O) groups is 2. The number of ether oxygens (including phenoxy) is 1. The number of allylic oxidation sites excluding steroid dienone is 1. The van der Waals surface area contributed by atoms with Gasteiger partial charge in [0, 0.05) is 64.2 Å². The molecule has 0 spiro atoms. The van der Waals surface area contributed by atoms with Gasteiger partial charge in [0.05, 0.1) is 11.6 Å². The first-order chi connectivity index (χ1) is 25.2. The van der Waals surface area contributed by atoms with Crippen LogP contribution in [-0.2, 0) is 16.2 Å². The van der Waals surface area contributed by atoms with E-state index in [2.05, 4.69) is 11.4 Å². The normalized spacial score (nSPS) is 27.0. The lowest BCUT2D eigenvalue weighted by atomic mass is 9.55. The van der Waals surface area contributed by atoms with Crippen LogP contribution in [0.1, 0.15) is 81.3 Å². The highest BCUT2D eigenvalue weighted by Crippen LogP contribution is 2.60. The van der Waals surface area contributed by atoms with E-state index in [1.54, 1.807) is 25.2 Å². The van der Waals surface area contributed by atoms with Gasteiger partial charge in [0.25, 0.3) is 0 Å². The number of amides is 3. The third kappa shape index (κ3) is 8.09. The fourth-order valence-electron chi connectivity index (χ4n) is 8.79. The summed E-state index contributed by atoms with van der Waals surface area (Å²) in [5, 5.41) is 50.8. The maximum Gasteiger partial charge on any atom is 0.317 e. The molecule has 0 aromatic heterocycles. The van der Waals surface area contributed by atoms with Crippen molar-refractivity contribution >= 4 is 17.6 Å². The molecular weight excluding hydrogens is 664 g/mol. The standard InChI is InChI=1S/C40H54N4O8/c1-43(39(49)41-18-10-20-44-19-9-15-36(44)48)35-25-33(42-51-26-27-11-3-2-4-12-27)31-23-28(13-5-7-21-45)30(14-6-8-22-46)37-32-24-29(47)16-17-34(32)52-40(35,50)38(31)37/h2-4,11-12,16-17,23-24,28,30,35,37-38,45-47,50H,5-10,13-15,18-22,25-26H2,1H3,(H,41,49).